The molecule has 102 valence electrons. The molecular weight excluding hydrogens is 238 g/mol. The first-order valence-electron chi connectivity index (χ1n) is 7.19. The quantitative estimate of drug-likeness (QED) is 0.900. The number of hydrogen-bond acceptors (Lipinski definition) is 3. The summed E-state index contributed by atoms with van der Waals surface area (Å²) in [5, 5.41) is 3.38. The van der Waals surface area contributed by atoms with Crippen molar-refractivity contribution < 1.29 is 4.79 Å². The van der Waals surface area contributed by atoms with Crippen molar-refractivity contribution in [2.24, 2.45) is 11.3 Å². The van der Waals surface area contributed by atoms with Gasteiger partial charge < -0.3 is 10.2 Å². The van der Waals surface area contributed by atoms with Gasteiger partial charge in [-0.15, -0.1) is 0 Å². The highest BCUT2D eigenvalue weighted by Crippen LogP contribution is 2.59. The number of aromatic nitrogens is 1. The molecule has 4 heteroatoms. The van der Waals surface area contributed by atoms with Crippen molar-refractivity contribution in [3.05, 3.63) is 24.5 Å². The Morgan fingerprint density at radius 1 is 1.42 bits per heavy atom. The topological polar surface area (TPSA) is 45.2 Å². The van der Waals surface area contributed by atoms with Crippen LogP contribution in [-0.2, 0) is 4.79 Å². The van der Waals surface area contributed by atoms with Crippen LogP contribution >= 0.6 is 0 Å². The fourth-order valence-corrected chi connectivity index (χ4v) is 3.35. The molecule has 2 aliphatic rings. The Bertz CT molecular complexity index is 454. The van der Waals surface area contributed by atoms with E-state index in [1.165, 1.54) is 0 Å². The normalized spacial score (nSPS) is 24.2. The van der Waals surface area contributed by atoms with Gasteiger partial charge in [0, 0.05) is 30.5 Å². The molecule has 1 aromatic heterocycles. The summed E-state index contributed by atoms with van der Waals surface area (Å²) < 4.78 is 0. The summed E-state index contributed by atoms with van der Waals surface area (Å²) in [6.07, 6.45) is 6.88. The highest BCUT2D eigenvalue weighted by atomic mass is 16.2. The number of piperidine rings is 1. The molecule has 1 spiro atoms. The van der Waals surface area contributed by atoms with Crippen LogP contribution in [0.3, 0.4) is 0 Å². The number of rotatable bonds is 3. The van der Waals surface area contributed by atoms with Gasteiger partial charge in [0.25, 0.3) is 0 Å². The fraction of sp³-hybridized carbons (Fsp3) is 0.600. The zero-order valence-corrected chi connectivity index (χ0v) is 11.4. The summed E-state index contributed by atoms with van der Waals surface area (Å²) >= 11 is 0. The van der Waals surface area contributed by atoms with E-state index in [0.717, 1.165) is 44.6 Å². The first kappa shape index (κ1) is 12.6. The second kappa shape index (κ2) is 4.93. The Labute approximate surface area is 114 Å². The molecule has 0 radical (unpaired) electrons. The minimum Gasteiger partial charge on any atom is -0.317 e. The van der Waals surface area contributed by atoms with Gasteiger partial charge in [-0.25, -0.2) is 0 Å². The zero-order chi connectivity index (χ0) is 13.3. The lowest BCUT2D eigenvalue weighted by atomic mass is 9.91. The Morgan fingerprint density at radius 2 is 2.11 bits per heavy atom. The van der Waals surface area contributed by atoms with Gasteiger partial charge >= 0.3 is 0 Å². The van der Waals surface area contributed by atoms with Crippen molar-refractivity contribution in [3.63, 3.8) is 0 Å². The molecule has 1 saturated carbocycles. The van der Waals surface area contributed by atoms with E-state index in [4.69, 9.17) is 0 Å². The van der Waals surface area contributed by atoms with E-state index in [2.05, 4.69) is 10.3 Å². The Morgan fingerprint density at radius 3 is 2.74 bits per heavy atom. The molecule has 1 aromatic rings. The summed E-state index contributed by atoms with van der Waals surface area (Å²) in [4.78, 5) is 18.6. The third-order valence-electron chi connectivity index (χ3n) is 4.64. The first-order chi connectivity index (χ1) is 9.27. The molecule has 0 aromatic carbocycles. The molecule has 1 atom stereocenters. The number of pyridine rings is 1. The highest BCUT2D eigenvalue weighted by Gasteiger charge is 2.58. The first-order valence-corrected chi connectivity index (χ1v) is 7.19. The molecule has 1 unspecified atom stereocenters. The number of anilines is 1. The van der Waals surface area contributed by atoms with Crippen LogP contribution in [0.2, 0.25) is 0 Å². The lowest BCUT2D eigenvalue weighted by Gasteiger charge is -2.26. The summed E-state index contributed by atoms with van der Waals surface area (Å²) in [5.41, 5.74) is 1.28. The Balaban J connectivity index is 1.73. The van der Waals surface area contributed by atoms with E-state index >= 15 is 0 Å². The predicted molar refractivity (Wildman–Crippen MR) is 74.9 cm³/mol. The molecule has 0 bridgehead atoms. The van der Waals surface area contributed by atoms with Crippen molar-refractivity contribution in [1.29, 1.82) is 0 Å². The monoisotopic (exact) mass is 259 g/mol. The second-order valence-electron chi connectivity index (χ2n) is 5.66. The number of amides is 1. The summed E-state index contributed by atoms with van der Waals surface area (Å²) in [6.45, 7) is 4.89. The Hall–Kier alpha value is -1.42. The number of hydrogen-bond donors (Lipinski definition) is 1. The van der Waals surface area contributed by atoms with Crippen molar-refractivity contribution in [2.45, 2.75) is 26.2 Å². The standard InChI is InChI=1S/C15H21N3O/c1-2-18(12-3-7-16-8-4-12)14(19)13-11-15(13)5-9-17-10-6-15/h3-4,7-8,13,17H,2,5-6,9-11H2,1H3. The number of nitrogens with one attached hydrogen (secondary N) is 1. The highest BCUT2D eigenvalue weighted by molar-refractivity contribution is 5.97. The van der Waals surface area contributed by atoms with Crippen LogP contribution in [0.25, 0.3) is 0 Å². The SMILES string of the molecule is CCN(C(=O)C1CC12CCNCC2)c1ccncc1. The van der Waals surface area contributed by atoms with Gasteiger partial charge in [-0.3, -0.25) is 9.78 Å². The minimum absolute atomic E-state index is 0.239. The molecule has 1 aliphatic carbocycles. The van der Waals surface area contributed by atoms with Gasteiger partial charge in [0.2, 0.25) is 5.91 Å². The predicted octanol–water partition coefficient (Wildman–Crippen LogP) is 1.82. The molecule has 2 heterocycles. The fourth-order valence-electron chi connectivity index (χ4n) is 3.35. The van der Waals surface area contributed by atoms with E-state index in [0.29, 0.717) is 11.3 Å². The van der Waals surface area contributed by atoms with Crippen molar-refractivity contribution in [2.75, 3.05) is 24.5 Å². The van der Waals surface area contributed by atoms with Gasteiger partial charge in [-0.2, -0.15) is 0 Å². The largest absolute Gasteiger partial charge is 0.317 e. The average molecular weight is 259 g/mol. The summed E-state index contributed by atoms with van der Waals surface area (Å²) in [6, 6.07) is 3.83. The molecule has 1 saturated heterocycles. The molecule has 3 rings (SSSR count). The third-order valence-corrected chi connectivity index (χ3v) is 4.64. The lowest BCUT2D eigenvalue weighted by molar-refractivity contribution is -0.120. The molecule has 4 nitrogen and oxygen atoms in total. The summed E-state index contributed by atoms with van der Waals surface area (Å²) in [5.74, 6) is 0.540. The van der Waals surface area contributed by atoms with Gasteiger partial charge in [-0.1, -0.05) is 0 Å². The number of carbonyl (C=O) groups is 1. The molecule has 1 N–H and O–H groups in total. The van der Waals surface area contributed by atoms with Crippen molar-refractivity contribution in [1.82, 2.24) is 10.3 Å². The lowest BCUT2D eigenvalue weighted by Crippen LogP contribution is -2.36. The zero-order valence-electron chi connectivity index (χ0n) is 11.4. The van der Waals surface area contributed by atoms with E-state index in [-0.39, 0.29) is 5.92 Å². The second-order valence-corrected chi connectivity index (χ2v) is 5.66. The van der Waals surface area contributed by atoms with E-state index < -0.39 is 0 Å². The van der Waals surface area contributed by atoms with Crippen LogP contribution in [0.15, 0.2) is 24.5 Å². The van der Waals surface area contributed by atoms with Crippen molar-refractivity contribution >= 4 is 11.6 Å². The molecule has 1 aliphatic heterocycles. The maximum absolute atomic E-state index is 12.7. The van der Waals surface area contributed by atoms with Crippen LogP contribution < -0.4 is 10.2 Å². The smallest absolute Gasteiger partial charge is 0.230 e. The number of carbonyl (C=O) groups excluding carboxylic acids is 1. The van der Waals surface area contributed by atoms with Gasteiger partial charge in [0.1, 0.15) is 0 Å². The maximum Gasteiger partial charge on any atom is 0.230 e. The molecular formula is C15H21N3O. The minimum atomic E-state index is 0.239. The number of nitrogens with zero attached hydrogens (tertiary/aromatic N) is 2. The van der Waals surface area contributed by atoms with Crippen LogP contribution in [0.4, 0.5) is 5.69 Å². The molecule has 19 heavy (non-hydrogen) atoms. The Kier molecular flexibility index (Phi) is 3.27. The van der Waals surface area contributed by atoms with Gasteiger partial charge in [-0.05, 0) is 56.8 Å². The van der Waals surface area contributed by atoms with Crippen LogP contribution in [-0.4, -0.2) is 30.5 Å². The maximum atomic E-state index is 12.7. The van der Waals surface area contributed by atoms with E-state index in [1.54, 1.807) is 12.4 Å². The summed E-state index contributed by atoms with van der Waals surface area (Å²) in [7, 11) is 0. The van der Waals surface area contributed by atoms with E-state index in [9.17, 15) is 4.79 Å². The van der Waals surface area contributed by atoms with Crippen molar-refractivity contribution in [3.8, 4) is 0 Å². The van der Waals surface area contributed by atoms with Gasteiger partial charge in [0.15, 0.2) is 0 Å². The van der Waals surface area contributed by atoms with Crippen LogP contribution in [0.5, 0.6) is 0 Å². The molecule has 2 fully saturated rings. The average Bonchev–Trinajstić information content (AvgIpc) is 3.15. The molecule has 1 amide bonds. The van der Waals surface area contributed by atoms with Crippen LogP contribution in [0, 0.1) is 11.3 Å². The van der Waals surface area contributed by atoms with Gasteiger partial charge in [0.05, 0.1) is 0 Å². The van der Waals surface area contributed by atoms with Crippen LogP contribution in [0.1, 0.15) is 26.2 Å². The third kappa shape index (κ3) is 2.25. The van der Waals surface area contributed by atoms with E-state index in [1.807, 2.05) is 24.0 Å².